The number of carbonyl (C=O) groups excluding carboxylic acids is 2. The van der Waals surface area contributed by atoms with E-state index in [2.05, 4.69) is 10.3 Å². The molecule has 2 aromatic carbocycles. The minimum atomic E-state index is -0.612. The third-order valence-corrected chi connectivity index (χ3v) is 7.19. The molecular formula is C25H23Cl3N2O3. The van der Waals surface area contributed by atoms with Gasteiger partial charge in [-0.3, -0.25) is 4.79 Å². The summed E-state index contributed by atoms with van der Waals surface area (Å²) < 4.78 is 5.34. The van der Waals surface area contributed by atoms with E-state index in [1.165, 1.54) is 19.3 Å². The molecule has 1 aliphatic rings. The van der Waals surface area contributed by atoms with E-state index in [0.29, 0.717) is 39.6 Å². The lowest BCUT2D eigenvalue weighted by Crippen LogP contribution is -2.33. The lowest BCUT2D eigenvalue weighted by atomic mass is 9.89. The van der Waals surface area contributed by atoms with Crippen LogP contribution in [-0.2, 0) is 9.53 Å². The number of amides is 1. The molecule has 1 saturated carbocycles. The van der Waals surface area contributed by atoms with Crippen LogP contribution in [0.1, 0.15) is 42.5 Å². The third-order valence-electron chi connectivity index (χ3n) is 5.89. The SMILES string of the molecule is O=C(COC(=O)c1cc(-c2ccc(Cl)c(Cl)c2Cl)nc2ccccc12)NCC1CCCCC1. The zero-order chi connectivity index (χ0) is 23.4. The maximum atomic E-state index is 12.9. The van der Waals surface area contributed by atoms with Crippen LogP contribution in [0.5, 0.6) is 0 Å². The molecule has 0 spiro atoms. The van der Waals surface area contributed by atoms with Crippen LogP contribution in [0.3, 0.4) is 0 Å². The first-order valence-corrected chi connectivity index (χ1v) is 12.0. The van der Waals surface area contributed by atoms with Crippen LogP contribution in [0.2, 0.25) is 15.1 Å². The highest BCUT2D eigenvalue weighted by Crippen LogP contribution is 2.38. The van der Waals surface area contributed by atoms with Gasteiger partial charge in [-0.25, -0.2) is 9.78 Å². The molecule has 172 valence electrons. The molecule has 0 bridgehead atoms. The Hall–Kier alpha value is -2.34. The van der Waals surface area contributed by atoms with Crippen LogP contribution in [0, 0.1) is 5.92 Å². The summed E-state index contributed by atoms with van der Waals surface area (Å²) in [5.74, 6) is -0.417. The van der Waals surface area contributed by atoms with Gasteiger partial charge in [0.2, 0.25) is 0 Å². The van der Waals surface area contributed by atoms with E-state index < -0.39 is 5.97 Å². The molecule has 0 unspecified atom stereocenters. The molecule has 1 aromatic heterocycles. The average Bonchev–Trinajstić information content (AvgIpc) is 2.84. The van der Waals surface area contributed by atoms with Gasteiger partial charge in [0.05, 0.1) is 31.8 Å². The molecule has 4 rings (SSSR count). The smallest absolute Gasteiger partial charge is 0.339 e. The number of hydrogen-bond donors (Lipinski definition) is 1. The van der Waals surface area contributed by atoms with E-state index in [9.17, 15) is 9.59 Å². The number of pyridine rings is 1. The number of ether oxygens (including phenoxy) is 1. The highest BCUT2D eigenvalue weighted by Gasteiger charge is 2.19. The molecule has 1 fully saturated rings. The normalized spacial score (nSPS) is 14.3. The Morgan fingerprint density at radius 2 is 1.76 bits per heavy atom. The lowest BCUT2D eigenvalue weighted by Gasteiger charge is -2.21. The van der Waals surface area contributed by atoms with Crippen molar-refractivity contribution in [2.45, 2.75) is 32.1 Å². The number of benzene rings is 2. The van der Waals surface area contributed by atoms with Crippen molar-refractivity contribution >= 4 is 57.6 Å². The van der Waals surface area contributed by atoms with Crippen molar-refractivity contribution in [3.05, 3.63) is 63.1 Å². The Balaban J connectivity index is 1.53. The largest absolute Gasteiger partial charge is 0.452 e. The Morgan fingerprint density at radius 1 is 1.00 bits per heavy atom. The highest BCUT2D eigenvalue weighted by molar-refractivity contribution is 6.49. The van der Waals surface area contributed by atoms with E-state index in [-0.39, 0.29) is 28.1 Å². The number of aromatic nitrogens is 1. The first-order valence-electron chi connectivity index (χ1n) is 10.9. The molecule has 0 aliphatic heterocycles. The number of nitrogens with one attached hydrogen (secondary N) is 1. The zero-order valence-electron chi connectivity index (χ0n) is 17.9. The molecule has 0 saturated heterocycles. The molecular weight excluding hydrogens is 483 g/mol. The summed E-state index contributed by atoms with van der Waals surface area (Å²) in [5.41, 5.74) is 1.87. The van der Waals surface area contributed by atoms with Crippen molar-refractivity contribution in [2.75, 3.05) is 13.2 Å². The van der Waals surface area contributed by atoms with Gasteiger partial charge in [-0.1, -0.05) is 72.3 Å². The molecule has 5 nitrogen and oxygen atoms in total. The van der Waals surface area contributed by atoms with Gasteiger partial charge in [0, 0.05) is 17.5 Å². The molecule has 1 heterocycles. The molecule has 33 heavy (non-hydrogen) atoms. The summed E-state index contributed by atoms with van der Waals surface area (Å²) in [6.45, 7) is 0.277. The molecule has 1 N–H and O–H groups in total. The van der Waals surface area contributed by atoms with Crippen molar-refractivity contribution in [3.63, 3.8) is 0 Å². The number of halogens is 3. The predicted molar refractivity (Wildman–Crippen MR) is 132 cm³/mol. The average molecular weight is 506 g/mol. The van der Waals surface area contributed by atoms with Gasteiger partial charge >= 0.3 is 5.97 Å². The van der Waals surface area contributed by atoms with Crippen LogP contribution in [-0.4, -0.2) is 30.0 Å². The fourth-order valence-electron chi connectivity index (χ4n) is 4.12. The highest BCUT2D eigenvalue weighted by atomic mass is 35.5. The second-order valence-electron chi connectivity index (χ2n) is 8.18. The van der Waals surface area contributed by atoms with Gasteiger partial charge in [0.25, 0.3) is 5.91 Å². The summed E-state index contributed by atoms with van der Waals surface area (Å²) in [7, 11) is 0. The number of rotatable bonds is 6. The second kappa shape index (κ2) is 10.7. The van der Waals surface area contributed by atoms with Crippen molar-refractivity contribution in [3.8, 4) is 11.3 Å². The number of para-hydroxylation sites is 1. The quantitative estimate of drug-likeness (QED) is 0.298. The van der Waals surface area contributed by atoms with Crippen molar-refractivity contribution in [2.24, 2.45) is 5.92 Å². The summed E-state index contributed by atoms with van der Waals surface area (Å²) in [4.78, 5) is 29.8. The Kier molecular flexibility index (Phi) is 7.74. The first kappa shape index (κ1) is 23.8. The molecule has 8 heteroatoms. The van der Waals surface area contributed by atoms with E-state index in [1.807, 2.05) is 12.1 Å². The van der Waals surface area contributed by atoms with Crippen LogP contribution in [0.15, 0.2) is 42.5 Å². The molecule has 1 aliphatic carbocycles. The standard InChI is InChI=1S/C25H23Cl3N2O3/c26-19-11-10-17(23(27)24(19)28)21-12-18(16-8-4-5-9-20(16)30-21)25(32)33-14-22(31)29-13-15-6-2-1-3-7-15/h4-5,8-12,15H,1-3,6-7,13-14H2,(H,29,31). The van der Waals surface area contributed by atoms with Gasteiger partial charge in [-0.2, -0.15) is 0 Å². The van der Waals surface area contributed by atoms with Crippen LogP contribution >= 0.6 is 34.8 Å². The number of esters is 1. The fraction of sp³-hybridized carbons (Fsp3) is 0.320. The number of hydrogen-bond acceptors (Lipinski definition) is 4. The maximum absolute atomic E-state index is 12.9. The summed E-state index contributed by atoms with van der Waals surface area (Å²) in [5, 5.41) is 4.28. The second-order valence-corrected chi connectivity index (χ2v) is 9.34. The van der Waals surface area contributed by atoms with Crippen molar-refractivity contribution < 1.29 is 14.3 Å². The monoisotopic (exact) mass is 504 g/mol. The number of nitrogens with zero attached hydrogens (tertiary/aromatic N) is 1. The van der Waals surface area contributed by atoms with E-state index in [0.717, 1.165) is 12.8 Å². The van der Waals surface area contributed by atoms with Crippen LogP contribution in [0.4, 0.5) is 0 Å². The van der Waals surface area contributed by atoms with Gasteiger partial charge in [0.1, 0.15) is 0 Å². The Bertz CT molecular complexity index is 1190. The number of fused-ring (bicyclic) bond motifs is 1. The summed E-state index contributed by atoms with van der Waals surface area (Å²) >= 11 is 18.6. The van der Waals surface area contributed by atoms with E-state index in [1.54, 1.807) is 30.3 Å². The molecule has 0 radical (unpaired) electrons. The topological polar surface area (TPSA) is 68.3 Å². The maximum Gasteiger partial charge on any atom is 0.339 e. The van der Waals surface area contributed by atoms with Crippen molar-refractivity contribution in [1.29, 1.82) is 0 Å². The fourth-order valence-corrected chi connectivity index (χ4v) is 4.75. The minimum absolute atomic E-state index is 0.213. The summed E-state index contributed by atoms with van der Waals surface area (Å²) in [6.07, 6.45) is 5.93. The summed E-state index contributed by atoms with van der Waals surface area (Å²) in [6, 6.07) is 12.1. The van der Waals surface area contributed by atoms with Crippen LogP contribution < -0.4 is 5.32 Å². The lowest BCUT2D eigenvalue weighted by molar-refractivity contribution is -0.124. The molecule has 3 aromatic rings. The zero-order valence-corrected chi connectivity index (χ0v) is 20.1. The van der Waals surface area contributed by atoms with Crippen LogP contribution in [0.25, 0.3) is 22.2 Å². The van der Waals surface area contributed by atoms with Gasteiger partial charge in [-0.05, 0) is 43.0 Å². The first-order chi connectivity index (χ1) is 15.9. The van der Waals surface area contributed by atoms with Crippen molar-refractivity contribution in [1.82, 2.24) is 10.3 Å². The Morgan fingerprint density at radius 3 is 2.55 bits per heavy atom. The number of carbonyl (C=O) groups is 2. The molecule has 0 atom stereocenters. The van der Waals surface area contributed by atoms with E-state index in [4.69, 9.17) is 39.5 Å². The Labute approximate surface area is 207 Å². The third kappa shape index (κ3) is 5.60. The predicted octanol–water partition coefficient (Wildman–Crippen LogP) is 6.72. The van der Waals surface area contributed by atoms with Gasteiger partial charge < -0.3 is 10.1 Å². The van der Waals surface area contributed by atoms with Gasteiger partial charge in [0.15, 0.2) is 6.61 Å². The minimum Gasteiger partial charge on any atom is -0.452 e. The van der Waals surface area contributed by atoms with Gasteiger partial charge in [-0.15, -0.1) is 0 Å². The molecule has 1 amide bonds. The van der Waals surface area contributed by atoms with E-state index >= 15 is 0 Å².